The van der Waals surface area contributed by atoms with Gasteiger partial charge in [0.1, 0.15) is 0 Å². The molecule has 0 unspecified atom stereocenters. The van der Waals surface area contributed by atoms with Crippen molar-refractivity contribution >= 4 is 17.7 Å². The van der Waals surface area contributed by atoms with Crippen molar-refractivity contribution in [3.8, 4) is 0 Å². The van der Waals surface area contributed by atoms with E-state index in [1.807, 2.05) is 11.8 Å². The SMILES string of the molecule is CC(C)(C)C1CCN(C(=O)CSC2CCNCC2)CC1. The maximum absolute atomic E-state index is 12.3. The minimum absolute atomic E-state index is 0.362. The van der Waals surface area contributed by atoms with Gasteiger partial charge in [0.15, 0.2) is 0 Å². The molecule has 0 saturated carbocycles. The van der Waals surface area contributed by atoms with Crippen LogP contribution in [0, 0.1) is 11.3 Å². The number of nitrogens with zero attached hydrogens (tertiary/aromatic N) is 1. The fourth-order valence-electron chi connectivity index (χ4n) is 3.24. The predicted molar refractivity (Wildman–Crippen MR) is 87.1 cm³/mol. The lowest BCUT2D eigenvalue weighted by molar-refractivity contribution is -0.130. The van der Waals surface area contributed by atoms with Crippen LogP contribution in [-0.2, 0) is 4.79 Å². The quantitative estimate of drug-likeness (QED) is 0.869. The minimum Gasteiger partial charge on any atom is -0.342 e. The third-order valence-corrected chi connectivity index (χ3v) is 6.16. The number of hydrogen-bond acceptors (Lipinski definition) is 3. The third-order valence-electron chi connectivity index (χ3n) is 4.80. The molecule has 0 aromatic heterocycles. The molecule has 0 spiro atoms. The molecule has 1 N–H and O–H groups in total. The van der Waals surface area contributed by atoms with Gasteiger partial charge in [-0.2, -0.15) is 0 Å². The molecule has 116 valence electrons. The Morgan fingerprint density at radius 1 is 1.15 bits per heavy atom. The average Bonchev–Trinajstić information content (AvgIpc) is 2.45. The summed E-state index contributed by atoms with van der Waals surface area (Å²) in [5.41, 5.74) is 0.388. The van der Waals surface area contributed by atoms with Gasteiger partial charge in [-0.25, -0.2) is 0 Å². The van der Waals surface area contributed by atoms with Crippen LogP contribution in [0.25, 0.3) is 0 Å². The Morgan fingerprint density at radius 2 is 1.75 bits per heavy atom. The lowest BCUT2D eigenvalue weighted by Gasteiger charge is -2.39. The largest absolute Gasteiger partial charge is 0.342 e. The molecule has 0 radical (unpaired) electrons. The van der Waals surface area contributed by atoms with Gasteiger partial charge in [-0.05, 0) is 50.1 Å². The molecule has 2 fully saturated rings. The van der Waals surface area contributed by atoms with Crippen molar-refractivity contribution in [1.29, 1.82) is 0 Å². The second-order valence-corrected chi connectivity index (χ2v) is 8.57. The molecule has 0 atom stereocenters. The van der Waals surface area contributed by atoms with Crippen LogP contribution in [0.4, 0.5) is 0 Å². The molecular weight excluding hydrogens is 268 g/mol. The van der Waals surface area contributed by atoms with E-state index in [1.165, 1.54) is 25.7 Å². The number of thioether (sulfide) groups is 1. The first kappa shape index (κ1) is 16.2. The summed E-state index contributed by atoms with van der Waals surface area (Å²) >= 11 is 1.87. The fourth-order valence-corrected chi connectivity index (χ4v) is 4.37. The summed E-state index contributed by atoms with van der Waals surface area (Å²) in [6.45, 7) is 11.1. The van der Waals surface area contributed by atoms with Gasteiger partial charge in [0.25, 0.3) is 0 Å². The van der Waals surface area contributed by atoms with Gasteiger partial charge in [-0.15, -0.1) is 11.8 Å². The standard InChI is InChI=1S/C16H30N2OS/c1-16(2,3)13-6-10-18(11-7-13)15(19)12-20-14-4-8-17-9-5-14/h13-14,17H,4-12H2,1-3H3. The summed E-state index contributed by atoms with van der Waals surface area (Å²) in [4.78, 5) is 14.4. The van der Waals surface area contributed by atoms with Crippen molar-refractivity contribution in [3.05, 3.63) is 0 Å². The van der Waals surface area contributed by atoms with E-state index in [2.05, 4.69) is 31.0 Å². The monoisotopic (exact) mass is 298 g/mol. The van der Waals surface area contributed by atoms with Crippen LogP contribution < -0.4 is 5.32 Å². The molecule has 3 nitrogen and oxygen atoms in total. The van der Waals surface area contributed by atoms with Crippen LogP contribution >= 0.6 is 11.8 Å². The van der Waals surface area contributed by atoms with Crippen LogP contribution in [0.5, 0.6) is 0 Å². The van der Waals surface area contributed by atoms with Crippen molar-refractivity contribution in [3.63, 3.8) is 0 Å². The molecule has 2 heterocycles. The number of amides is 1. The number of likely N-dealkylation sites (tertiary alicyclic amines) is 1. The summed E-state index contributed by atoms with van der Waals surface area (Å²) in [6.07, 6.45) is 4.77. The molecule has 2 aliphatic rings. The summed E-state index contributed by atoms with van der Waals surface area (Å²) in [6, 6.07) is 0. The molecule has 20 heavy (non-hydrogen) atoms. The first-order valence-corrected chi connectivity index (χ1v) is 9.12. The van der Waals surface area contributed by atoms with Gasteiger partial charge < -0.3 is 10.2 Å². The second kappa shape index (κ2) is 7.17. The van der Waals surface area contributed by atoms with Crippen molar-refractivity contribution in [1.82, 2.24) is 10.2 Å². The second-order valence-electron chi connectivity index (χ2n) is 7.28. The van der Waals surface area contributed by atoms with E-state index in [0.29, 0.717) is 22.3 Å². The molecule has 4 heteroatoms. The van der Waals surface area contributed by atoms with Crippen LogP contribution in [0.1, 0.15) is 46.5 Å². The van der Waals surface area contributed by atoms with E-state index < -0.39 is 0 Å². The lowest BCUT2D eigenvalue weighted by Crippen LogP contribution is -2.42. The summed E-state index contributed by atoms with van der Waals surface area (Å²) in [5.74, 6) is 1.81. The lowest BCUT2D eigenvalue weighted by atomic mass is 9.75. The number of carbonyl (C=O) groups is 1. The van der Waals surface area contributed by atoms with Gasteiger partial charge in [0.2, 0.25) is 5.91 Å². The minimum atomic E-state index is 0.362. The number of nitrogens with one attached hydrogen (secondary N) is 1. The Morgan fingerprint density at radius 3 is 2.30 bits per heavy atom. The van der Waals surface area contributed by atoms with Gasteiger partial charge in [0.05, 0.1) is 5.75 Å². The summed E-state index contributed by atoms with van der Waals surface area (Å²) in [5, 5.41) is 4.06. The van der Waals surface area contributed by atoms with E-state index in [9.17, 15) is 4.79 Å². The molecule has 2 rings (SSSR count). The molecule has 1 amide bonds. The molecule has 0 aliphatic carbocycles. The number of carbonyl (C=O) groups excluding carboxylic acids is 1. The van der Waals surface area contributed by atoms with E-state index in [-0.39, 0.29) is 0 Å². The van der Waals surface area contributed by atoms with Crippen LogP contribution in [0.15, 0.2) is 0 Å². The maximum atomic E-state index is 12.3. The van der Waals surface area contributed by atoms with Crippen molar-refractivity contribution in [2.75, 3.05) is 31.9 Å². The highest BCUT2D eigenvalue weighted by Crippen LogP contribution is 2.34. The third kappa shape index (κ3) is 4.66. The predicted octanol–water partition coefficient (Wildman–Crippen LogP) is 2.76. The van der Waals surface area contributed by atoms with Crippen molar-refractivity contribution < 1.29 is 4.79 Å². The van der Waals surface area contributed by atoms with E-state index >= 15 is 0 Å². The fraction of sp³-hybridized carbons (Fsp3) is 0.938. The molecule has 0 aromatic rings. The van der Waals surface area contributed by atoms with Crippen molar-refractivity contribution in [2.45, 2.75) is 51.7 Å². The molecule has 0 bridgehead atoms. The van der Waals surface area contributed by atoms with Crippen LogP contribution in [-0.4, -0.2) is 48.0 Å². The van der Waals surface area contributed by atoms with Crippen LogP contribution in [0.2, 0.25) is 0 Å². The number of piperidine rings is 2. The highest BCUT2D eigenvalue weighted by molar-refractivity contribution is 8.00. The van der Waals surface area contributed by atoms with Gasteiger partial charge >= 0.3 is 0 Å². The topological polar surface area (TPSA) is 32.3 Å². The maximum Gasteiger partial charge on any atom is 0.232 e. The smallest absolute Gasteiger partial charge is 0.232 e. The Hall–Kier alpha value is -0.220. The zero-order valence-corrected chi connectivity index (χ0v) is 14.1. The number of rotatable bonds is 3. The zero-order chi connectivity index (χ0) is 14.6. The zero-order valence-electron chi connectivity index (χ0n) is 13.3. The first-order valence-electron chi connectivity index (χ1n) is 8.07. The molecular formula is C16H30N2OS. The number of hydrogen-bond donors (Lipinski definition) is 1. The normalized spacial score (nSPS) is 23.1. The first-order chi connectivity index (χ1) is 9.47. The average molecular weight is 298 g/mol. The molecule has 2 saturated heterocycles. The van der Waals surface area contributed by atoms with Gasteiger partial charge in [-0.1, -0.05) is 20.8 Å². The Labute approximate surface area is 128 Å². The highest BCUT2D eigenvalue weighted by atomic mass is 32.2. The van der Waals surface area contributed by atoms with Gasteiger partial charge in [0, 0.05) is 18.3 Å². The van der Waals surface area contributed by atoms with Crippen molar-refractivity contribution in [2.24, 2.45) is 11.3 Å². The molecule has 0 aromatic carbocycles. The van der Waals surface area contributed by atoms with Crippen LogP contribution in [0.3, 0.4) is 0 Å². The molecule has 2 aliphatic heterocycles. The summed E-state index contributed by atoms with van der Waals surface area (Å²) < 4.78 is 0. The van der Waals surface area contributed by atoms with E-state index in [1.54, 1.807) is 0 Å². The highest BCUT2D eigenvalue weighted by Gasteiger charge is 2.30. The Bertz CT molecular complexity index is 313. The van der Waals surface area contributed by atoms with E-state index in [0.717, 1.165) is 32.1 Å². The Kier molecular flexibility index (Phi) is 5.79. The summed E-state index contributed by atoms with van der Waals surface area (Å²) in [7, 11) is 0. The van der Waals surface area contributed by atoms with Gasteiger partial charge in [-0.3, -0.25) is 4.79 Å². The van der Waals surface area contributed by atoms with E-state index in [4.69, 9.17) is 0 Å². The Balaban J connectivity index is 1.69.